The number of aliphatic hydroxyl groups excluding tert-OH is 1. The van der Waals surface area contributed by atoms with Crippen LogP contribution in [-0.2, 0) is 9.59 Å². The maximum Gasteiger partial charge on any atom is 0.301 e. The van der Waals surface area contributed by atoms with Gasteiger partial charge in [0.05, 0.1) is 40.0 Å². The lowest BCUT2D eigenvalue weighted by Crippen LogP contribution is -2.29. The smallest absolute Gasteiger partial charge is 0.301 e. The minimum atomic E-state index is -1.15. The molecule has 1 aromatic heterocycles. The Kier molecular flexibility index (Phi) is 6.99. The van der Waals surface area contributed by atoms with Gasteiger partial charge in [0.2, 0.25) is 0 Å². The van der Waals surface area contributed by atoms with Gasteiger partial charge < -0.3 is 14.6 Å². The third-order valence-electron chi connectivity index (χ3n) is 6.15. The number of nitrogens with zero attached hydrogens (tertiary/aromatic N) is 3. The molecule has 4 aromatic rings. The van der Waals surface area contributed by atoms with Gasteiger partial charge in [-0.1, -0.05) is 23.5 Å². The van der Waals surface area contributed by atoms with Crippen LogP contribution in [0.25, 0.3) is 16.0 Å². The Labute approximate surface area is 226 Å². The molecule has 39 heavy (non-hydrogen) atoms. The summed E-state index contributed by atoms with van der Waals surface area (Å²) in [6, 6.07) is 16.2. The van der Waals surface area contributed by atoms with E-state index in [4.69, 9.17) is 9.47 Å². The average Bonchev–Trinajstić information content (AvgIpc) is 3.47. The Hall–Kier alpha value is -4.77. The molecule has 1 atom stereocenters. The number of Topliss-reactive ketones (excluding diaryl/α,β-unsaturated/α-hetero) is 1. The number of carbonyl (C=O) groups is 2. The molecule has 1 aliphatic rings. The molecule has 1 fully saturated rings. The van der Waals surface area contributed by atoms with Crippen LogP contribution in [0.3, 0.4) is 0 Å². The second kappa shape index (κ2) is 10.5. The van der Waals surface area contributed by atoms with E-state index >= 15 is 0 Å². The van der Waals surface area contributed by atoms with E-state index in [0.717, 1.165) is 4.70 Å². The van der Waals surface area contributed by atoms with Crippen LogP contribution >= 0.6 is 11.3 Å². The lowest BCUT2D eigenvalue weighted by molar-refractivity contribution is -0.384. The number of amides is 1. The third-order valence-corrected chi connectivity index (χ3v) is 7.16. The van der Waals surface area contributed by atoms with Crippen LogP contribution in [-0.4, -0.2) is 39.9 Å². The van der Waals surface area contributed by atoms with Gasteiger partial charge in [0.25, 0.3) is 11.5 Å². The quantitative estimate of drug-likeness (QED) is 0.0991. The van der Waals surface area contributed by atoms with Crippen molar-refractivity contribution in [1.82, 2.24) is 4.98 Å². The standard InChI is InChI=1S/C28H23N3O7S/c1-3-37-19-10-8-16(9-11-19)25(32)23-24(17-6-5-7-18(14-17)31(35)36)30(27(34)26(23)33)28-29-21-13-12-20(38-4-2)15-22(21)39-28/h5-15,24,32H,3-4H2,1-2H3/b25-23+. The molecule has 2 heterocycles. The lowest BCUT2D eigenvalue weighted by Gasteiger charge is -2.22. The summed E-state index contributed by atoms with van der Waals surface area (Å²) in [4.78, 5) is 43.6. The zero-order valence-corrected chi connectivity index (χ0v) is 21.8. The van der Waals surface area contributed by atoms with Crippen LogP contribution in [0.1, 0.15) is 31.0 Å². The van der Waals surface area contributed by atoms with Crippen molar-refractivity contribution in [3.8, 4) is 11.5 Å². The van der Waals surface area contributed by atoms with Gasteiger partial charge in [-0.25, -0.2) is 4.98 Å². The van der Waals surface area contributed by atoms with Gasteiger partial charge in [-0.15, -0.1) is 0 Å². The number of aromatic nitrogens is 1. The molecule has 0 aliphatic carbocycles. The van der Waals surface area contributed by atoms with Gasteiger partial charge in [0.15, 0.2) is 5.13 Å². The molecule has 1 amide bonds. The maximum atomic E-state index is 13.5. The third kappa shape index (κ3) is 4.79. The van der Waals surface area contributed by atoms with Crippen molar-refractivity contribution in [2.75, 3.05) is 18.1 Å². The molecule has 3 aromatic carbocycles. The molecule has 5 rings (SSSR count). The first-order valence-electron chi connectivity index (χ1n) is 12.1. The summed E-state index contributed by atoms with van der Waals surface area (Å²) in [5.41, 5.74) is 0.746. The largest absolute Gasteiger partial charge is 0.507 e. The summed E-state index contributed by atoms with van der Waals surface area (Å²) in [5, 5.41) is 23.1. The number of hydrogen-bond acceptors (Lipinski definition) is 9. The molecule has 0 saturated carbocycles. The number of carbonyl (C=O) groups excluding carboxylic acids is 2. The second-order valence-corrected chi connectivity index (χ2v) is 9.55. The Morgan fingerprint density at radius 3 is 2.41 bits per heavy atom. The average molecular weight is 546 g/mol. The van der Waals surface area contributed by atoms with Gasteiger partial charge in [-0.3, -0.25) is 24.6 Å². The highest BCUT2D eigenvalue weighted by atomic mass is 32.1. The van der Waals surface area contributed by atoms with Crippen molar-refractivity contribution in [3.63, 3.8) is 0 Å². The molecular weight excluding hydrogens is 522 g/mol. The Bertz CT molecular complexity index is 1630. The van der Waals surface area contributed by atoms with E-state index < -0.39 is 28.4 Å². The topological polar surface area (TPSA) is 132 Å². The van der Waals surface area contributed by atoms with Crippen LogP contribution in [0.15, 0.2) is 72.3 Å². The minimum absolute atomic E-state index is 0.195. The second-order valence-electron chi connectivity index (χ2n) is 8.54. The highest BCUT2D eigenvalue weighted by Crippen LogP contribution is 2.45. The monoisotopic (exact) mass is 545 g/mol. The molecule has 10 nitrogen and oxygen atoms in total. The highest BCUT2D eigenvalue weighted by molar-refractivity contribution is 7.22. The lowest BCUT2D eigenvalue weighted by atomic mass is 9.95. The van der Waals surface area contributed by atoms with Crippen molar-refractivity contribution < 1.29 is 29.1 Å². The van der Waals surface area contributed by atoms with Crippen molar-refractivity contribution in [2.24, 2.45) is 0 Å². The van der Waals surface area contributed by atoms with Gasteiger partial charge in [-0.2, -0.15) is 0 Å². The first kappa shape index (κ1) is 25.9. The van der Waals surface area contributed by atoms with E-state index in [2.05, 4.69) is 4.98 Å². The molecule has 1 saturated heterocycles. The molecule has 11 heteroatoms. The summed E-state index contributed by atoms with van der Waals surface area (Å²) in [6.45, 7) is 4.64. The SMILES string of the molecule is CCOc1ccc(/C(O)=C2\C(=O)C(=O)N(c3nc4ccc(OCC)cc4s3)C2c2cccc([N+](=O)[O-])c2)cc1. The fraction of sp³-hybridized carbons (Fsp3) is 0.179. The van der Waals surface area contributed by atoms with Crippen LogP contribution in [0.2, 0.25) is 0 Å². The number of non-ortho nitro benzene ring substituents is 1. The number of aliphatic hydroxyl groups is 1. The van der Waals surface area contributed by atoms with Crippen molar-refractivity contribution in [3.05, 3.63) is 93.5 Å². The number of hydrogen-bond donors (Lipinski definition) is 1. The van der Waals surface area contributed by atoms with Crippen LogP contribution in [0, 0.1) is 10.1 Å². The summed E-state index contributed by atoms with van der Waals surface area (Å²) < 4.78 is 11.7. The van der Waals surface area contributed by atoms with Crippen molar-refractivity contribution in [2.45, 2.75) is 19.9 Å². The number of benzene rings is 3. The number of thiazole rings is 1. The van der Waals surface area contributed by atoms with Crippen LogP contribution in [0.4, 0.5) is 10.8 Å². The molecule has 198 valence electrons. The number of fused-ring (bicyclic) bond motifs is 1. The van der Waals surface area contributed by atoms with E-state index in [0.29, 0.717) is 30.2 Å². The Morgan fingerprint density at radius 2 is 1.72 bits per heavy atom. The van der Waals surface area contributed by atoms with Crippen molar-refractivity contribution >= 4 is 49.8 Å². The molecule has 1 N–H and O–H groups in total. The summed E-state index contributed by atoms with van der Waals surface area (Å²) >= 11 is 1.17. The van der Waals surface area contributed by atoms with E-state index in [1.165, 1.54) is 34.4 Å². The van der Waals surface area contributed by atoms with Gasteiger partial charge in [0, 0.05) is 17.7 Å². The van der Waals surface area contributed by atoms with E-state index in [9.17, 15) is 24.8 Å². The van der Waals surface area contributed by atoms with Crippen molar-refractivity contribution in [1.29, 1.82) is 0 Å². The fourth-order valence-electron chi connectivity index (χ4n) is 4.44. The first-order valence-corrected chi connectivity index (χ1v) is 13.0. The maximum absolute atomic E-state index is 13.5. The summed E-state index contributed by atoms with van der Waals surface area (Å²) in [7, 11) is 0. The van der Waals surface area contributed by atoms with Gasteiger partial charge in [0.1, 0.15) is 17.3 Å². The van der Waals surface area contributed by atoms with E-state index in [-0.39, 0.29) is 27.5 Å². The normalized spacial score (nSPS) is 16.6. The summed E-state index contributed by atoms with van der Waals surface area (Å²) in [6.07, 6.45) is 0. The first-order chi connectivity index (χ1) is 18.8. The number of rotatable bonds is 8. The van der Waals surface area contributed by atoms with Gasteiger partial charge in [-0.05, 0) is 61.9 Å². The highest BCUT2D eigenvalue weighted by Gasteiger charge is 2.48. The number of anilines is 1. The predicted molar refractivity (Wildman–Crippen MR) is 146 cm³/mol. The number of nitro benzene ring substituents is 1. The van der Waals surface area contributed by atoms with Crippen LogP contribution in [0.5, 0.6) is 11.5 Å². The molecule has 0 spiro atoms. The Morgan fingerprint density at radius 1 is 1.03 bits per heavy atom. The zero-order valence-electron chi connectivity index (χ0n) is 21.0. The van der Waals surface area contributed by atoms with Gasteiger partial charge >= 0.3 is 5.91 Å². The molecular formula is C28H23N3O7S. The molecule has 1 unspecified atom stereocenters. The number of ether oxygens (including phenoxy) is 2. The van der Waals surface area contributed by atoms with E-state index in [1.807, 2.05) is 13.8 Å². The Balaban J connectivity index is 1.68. The molecule has 1 aliphatic heterocycles. The van der Waals surface area contributed by atoms with Crippen LogP contribution < -0.4 is 14.4 Å². The molecule has 0 bridgehead atoms. The number of ketones is 1. The zero-order chi connectivity index (χ0) is 27.7. The fourth-order valence-corrected chi connectivity index (χ4v) is 5.46. The number of nitro groups is 1. The predicted octanol–water partition coefficient (Wildman–Crippen LogP) is 5.63. The molecule has 0 radical (unpaired) electrons. The van der Waals surface area contributed by atoms with E-state index in [1.54, 1.807) is 48.5 Å². The minimum Gasteiger partial charge on any atom is -0.507 e. The summed E-state index contributed by atoms with van der Waals surface area (Å²) in [5.74, 6) is -1.02.